The third-order valence-corrected chi connectivity index (χ3v) is 3.45. The number of methoxy groups -OCH3 is 1. The molecule has 0 radical (unpaired) electrons. The Morgan fingerprint density at radius 3 is 2.58 bits per heavy atom. The Morgan fingerprint density at radius 1 is 1.11 bits per heavy atom. The average Bonchev–Trinajstić information content (AvgIpc) is 2.43. The zero-order valence-electron chi connectivity index (χ0n) is 11.7. The highest BCUT2D eigenvalue weighted by molar-refractivity contribution is 9.09. The first-order valence-electron chi connectivity index (χ1n) is 6.59. The molecule has 0 saturated carbocycles. The van der Waals surface area contributed by atoms with E-state index < -0.39 is 0 Å². The Balaban J connectivity index is 2.24. The van der Waals surface area contributed by atoms with Crippen molar-refractivity contribution in [2.24, 2.45) is 0 Å². The maximum Gasteiger partial charge on any atom is 0.0925 e. The van der Waals surface area contributed by atoms with Crippen LogP contribution in [-0.2, 0) is 14.2 Å². The summed E-state index contributed by atoms with van der Waals surface area (Å²) in [6.45, 7) is 4.81. The molecule has 1 aromatic carbocycles. The Kier molecular flexibility index (Phi) is 9.08. The number of halogens is 1. The number of benzene rings is 1. The molecule has 0 spiro atoms. The summed E-state index contributed by atoms with van der Waals surface area (Å²) in [5, 5.41) is 0.793. The third-order valence-electron chi connectivity index (χ3n) is 2.86. The molecule has 0 aromatic heterocycles. The molecule has 0 aliphatic rings. The van der Waals surface area contributed by atoms with Crippen LogP contribution < -0.4 is 0 Å². The summed E-state index contributed by atoms with van der Waals surface area (Å²) in [6, 6.07) is 8.31. The molecule has 0 heterocycles. The van der Waals surface area contributed by atoms with Gasteiger partial charge in [-0.1, -0.05) is 40.2 Å². The van der Waals surface area contributed by atoms with E-state index in [-0.39, 0.29) is 6.10 Å². The SMILES string of the molecule is COCCCOCCOC(CBr)c1ccccc1C. The number of hydrogen-bond acceptors (Lipinski definition) is 3. The topological polar surface area (TPSA) is 27.7 Å². The standard InChI is InChI=1S/C15H23BrO3/c1-13-6-3-4-7-14(13)15(12-16)19-11-10-18-9-5-8-17-2/h3-4,6-7,15H,5,8-12H2,1-2H3. The Morgan fingerprint density at radius 2 is 1.89 bits per heavy atom. The van der Waals surface area contributed by atoms with Crippen molar-refractivity contribution in [3.05, 3.63) is 35.4 Å². The summed E-state index contributed by atoms with van der Waals surface area (Å²) in [7, 11) is 1.70. The Bertz CT molecular complexity index is 344. The minimum atomic E-state index is 0.0868. The molecule has 0 saturated heterocycles. The van der Waals surface area contributed by atoms with Gasteiger partial charge >= 0.3 is 0 Å². The lowest BCUT2D eigenvalue weighted by molar-refractivity contribution is 0.00959. The van der Waals surface area contributed by atoms with Gasteiger partial charge in [-0.25, -0.2) is 0 Å². The molecule has 4 heteroatoms. The van der Waals surface area contributed by atoms with Crippen LogP contribution in [0.4, 0.5) is 0 Å². The zero-order valence-corrected chi connectivity index (χ0v) is 13.3. The van der Waals surface area contributed by atoms with E-state index in [1.165, 1.54) is 11.1 Å². The van der Waals surface area contributed by atoms with Gasteiger partial charge in [-0.3, -0.25) is 0 Å². The predicted molar refractivity (Wildman–Crippen MR) is 81.0 cm³/mol. The normalized spacial score (nSPS) is 12.6. The molecule has 1 atom stereocenters. The van der Waals surface area contributed by atoms with Crippen LogP contribution >= 0.6 is 15.9 Å². The van der Waals surface area contributed by atoms with Gasteiger partial charge in [-0.05, 0) is 24.5 Å². The average molecular weight is 331 g/mol. The van der Waals surface area contributed by atoms with E-state index in [2.05, 4.69) is 35.0 Å². The fourth-order valence-corrected chi connectivity index (χ4v) is 2.36. The van der Waals surface area contributed by atoms with Crippen LogP contribution in [0, 0.1) is 6.92 Å². The van der Waals surface area contributed by atoms with Crippen molar-refractivity contribution < 1.29 is 14.2 Å². The maximum absolute atomic E-state index is 5.86. The van der Waals surface area contributed by atoms with Crippen molar-refractivity contribution in [3.63, 3.8) is 0 Å². The molecule has 0 fully saturated rings. The first-order valence-corrected chi connectivity index (χ1v) is 7.71. The second-order valence-electron chi connectivity index (χ2n) is 4.33. The van der Waals surface area contributed by atoms with Crippen LogP contribution in [0.25, 0.3) is 0 Å². The number of ether oxygens (including phenoxy) is 3. The van der Waals surface area contributed by atoms with Crippen molar-refractivity contribution in [1.29, 1.82) is 0 Å². The molecule has 19 heavy (non-hydrogen) atoms. The van der Waals surface area contributed by atoms with E-state index in [0.717, 1.165) is 25.0 Å². The molecule has 0 bridgehead atoms. The van der Waals surface area contributed by atoms with Crippen molar-refractivity contribution in [3.8, 4) is 0 Å². The maximum atomic E-state index is 5.86. The smallest absolute Gasteiger partial charge is 0.0925 e. The fraction of sp³-hybridized carbons (Fsp3) is 0.600. The highest BCUT2D eigenvalue weighted by atomic mass is 79.9. The fourth-order valence-electron chi connectivity index (χ4n) is 1.82. The van der Waals surface area contributed by atoms with Crippen molar-refractivity contribution in [2.75, 3.05) is 38.9 Å². The molecule has 108 valence electrons. The van der Waals surface area contributed by atoms with Crippen LogP contribution in [0.5, 0.6) is 0 Å². The van der Waals surface area contributed by atoms with Crippen molar-refractivity contribution in [2.45, 2.75) is 19.4 Å². The van der Waals surface area contributed by atoms with Gasteiger partial charge in [0.15, 0.2) is 0 Å². The predicted octanol–water partition coefficient (Wildman–Crippen LogP) is 3.50. The van der Waals surface area contributed by atoms with Crippen LogP contribution in [0.3, 0.4) is 0 Å². The van der Waals surface area contributed by atoms with Gasteiger partial charge in [0, 0.05) is 25.7 Å². The summed E-state index contributed by atoms with van der Waals surface area (Å²) < 4.78 is 16.3. The van der Waals surface area contributed by atoms with E-state index in [4.69, 9.17) is 14.2 Å². The molecule has 1 rings (SSSR count). The molecule has 0 aliphatic heterocycles. The van der Waals surface area contributed by atoms with Gasteiger partial charge in [0.2, 0.25) is 0 Å². The van der Waals surface area contributed by atoms with Crippen molar-refractivity contribution in [1.82, 2.24) is 0 Å². The molecule has 0 aliphatic carbocycles. The molecule has 1 unspecified atom stereocenters. The van der Waals surface area contributed by atoms with E-state index in [0.29, 0.717) is 13.2 Å². The summed E-state index contributed by atoms with van der Waals surface area (Å²) in [5.41, 5.74) is 2.49. The third kappa shape index (κ3) is 6.52. The van der Waals surface area contributed by atoms with E-state index in [1.54, 1.807) is 7.11 Å². The molecule has 3 nitrogen and oxygen atoms in total. The molecular formula is C15H23BrO3. The summed E-state index contributed by atoms with van der Waals surface area (Å²) in [6.07, 6.45) is 1.01. The largest absolute Gasteiger partial charge is 0.385 e. The molecule has 0 amide bonds. The van der Waals surface area contributed by atoms with Gasteiger partial charge in [0.1, 0.15) is 0 Å². The Labute approximate surface area is 124 Å². The highest BCUT2D eigenvalue weighted by Gasteiger charge is 2.12. The first-order chi connectivity index (χ1) is 9.29. The van der Waals surface area contributed by atoms with Crippen LogP contribution in [-0.4, -0.2) is 38.9 Å². The molecule has 1 aromatic rings. The number of aryl methyl sites for hydroxylation is 1. The quantitative estimate of drug-likeness (QED) is 0.485. The molecular weight excluding hydrogens is 308 g/mol. The minimum absolute atomic E-state index is 0.0868. The number of rotatable bonds is 10. The monoisotopic (exact) mass is 330 g/mol. The minimum Gasteiger partial charge on any atom is -0.385 e. The van der Waals surface area contributed by atoms with Crippen LogP contribution in [0.15, 0.2) is 24.3 Å². The summed E-state index contributed by atoms with van der Waals surface area (Å²) >= 11 is 3.51. The van der Waals surface area contributed by atoms with Crippen molar-refractivity contribution >= 4 is 15.9 Å². The van der Waals surface area contributed by atoms with Crippen LogP contribution in [0.2, 0.25) is 0 Å². The lowest BCUT2D eigenvalue weighted by Crippen LogP contribution is -2.12. The Hall–Kier alpha value is -0.420. The molecule has 0 N–H and O–H groups in total. The van der Waals surface area contributed by atoms with Gasteiger partial charge in [0.25, 0.3) is 0 Å². The van der Waals surface area contributed by atoms with E-state index in [9.17, 15) is 0 Å². The van der Waals surface area contributed by atoms with E-state index in [1.807, 2.05) is 12.1 Å². The first kappa shape index (κ1) is 16.6. The summed E-state index contributed by atoms with van der Waals surface area (Å²) in [4.78, 5) is 0. The second-order valence-corrected chi connectivity index (χ2v) is 4.98. The second kappa shape index (κ2) is 10.4. The number of alkyl halides is 1. The van der Waals surface area contributed by atoms with Gasteiger partial charge in [0.05, 0.1) is 19.3 Å². The van der Waals surface area contributed by atoms with Gasteiger partial charge in [-0.2, -0.15) is 0 Å². The lowest BCUT2D eigenvalue weighted by atomic mass is 10.0. The number of hydrogen-bond donors (Lipinski definition) is 0. The van der Waals surface area contributed by atoms with Crippen LogP contribution in [0.1, 0.15) is 23.7 Å². The van der Waals surface area contributed by atoms with Gasteiger partial charge in [-0.15, -0.1) is 0 Å². The summed E-state index contributed by atoms with van der Waals surface area (Å²) in [5.74, 6) is 0. The van der Waals surface area contributed by atoms with E-state index >= 15 is 0 Å². The highest BCUT2D eigenvalue weighted by Crippen LogP contribution is 2.22. The van der Waals surface area contributed by atoms with Gasteiger partial charge < -0.3 is 14.2 Å². The lowest BCUT2D eigenvalue weighted by Gasteiger charge is -2.18. The zero-order chi connectivity index (χ0) is 13.9.